The molecule has 21 heavy (non-hydrogen) atoms. The van der Waals surface area contributed by atoms with Crippen molar-refractivity contribution in [2.45, 2.75) is 25.9 Å². The molecule has 2 aromatic rings. The number of amides is 1. The Morgan fingerprint density at radius 2 is 1.90 bits per heavy atom. The number of furan rings is 1. The largest absolute Gasteiger partial charge is 0.468 e. The summed E-state index contributed by atoms with van der Waals surface area (Å²) in [5, 5.41) is 6.75. The number of hydrogen-bond donors (Lipinski definition) is 2. The smallest absolute Gasteiger partial charge is 0.234 e. The zero-order valence-electron chi connectivity index (χ0n) is 12.1. The van der Waals surface area contributed by atoms with Crippen LogP contribution in [0.15, 0.2) is 47.1 Å². The molecule has 1 aromatic heterocycles. The van der Waals surface area contributed by atoms with Gasteiger partial charge in [0.2, 0.25) is 5.91 Å². The number of nitrogens with one attached hydrogen (secondary N) is 2. The average molecular weight is 307 g/mol. The third kappa shape index (κ3) is 4.62. The molecular formula is C16H19ClN2O2. The molecule has 2 rings (SSSR count). The number of rotatable bonds is 6. The molecule has 0 unspecified atom stereocenters. The quantitative estimate of drug-likeness (QED) is 0.859. The third-order valence-corrected chi connectivity index (χ3v) is 3.54. The molecule has 0 saturated carbocycles. The van der Waals surface area contributed by atoms with E-state index < -0.39 is 0 Å². The molecule has 2 atom stereocenters. The molecule has 112 valence electrons. The van der Waals surface area contributed by atoms with Crippen LogP contribution < -0.4 is 10.6 Å². The first kappa shape index (κ1) is 15.6. The highest BCUT2D eigenvalue weighted by molar-refractivity contribution is 6.30. The lowest BCUT2D eigenvalue weighted by Gasteiger charge is -2.16. The van der Waals surface area contributed by atoms with E-state index in [-0.39, 0.29) is 24.5 Å². The minimum Gasteiger partial charge on any atom is -0.468 e. The van der Waals surface area contributed by atoms with Crippen molar-refractivity contribution in [1.29, 1.82) is 0 Å². The van der Waals surface area contributed by atoms with E-state index in [4.69, 9.17) is 16.0 Å². The van der Waals surface area contributed by atoms with Crippen LogP contribution in [-0.4, -0.2) is 12.5 Å². The fourth-order valence-corrected chi connectivity index (χ4v) is 2.14. The van der Waals surface area contributed by atoms with Gasteiger partial charge in [0.15, 0.2) is 0 Å². The lowest BCUT2D eigenvalue weighted by atomic mass is 10.1. The molecule has 5 heteroatoms. The van der Waals surface area contributed by atoms with Crippen molar-refractivity contribution in [3.05, 3.63) is 59.0 Å². The number of benzene rings is 1. The van der Waals surface area contributed by atoms with Crippen molar-refractivity contribution < 1.29 is 9.21 Å². The fraction of sp³-hybridized carbons (Fsp3) is 0.312. The van der Waals surface area contributed by atoms with E-state index in [0.29, 0.717) is 5.02 Å². The van der Waals surface area contributed by atoms with Crippen LogP contribution in [0.25, 0.3) is 0 Å². The Bertz CT molecular complexity index is 566. The minimum absolute atomic E-state index is 0.00316. The van der Waals surface area contributed by atoms with Gasteiger partial charge in [-0.25, -0.2) is 0 Å². The maximum absolute atomic E-state index is 11.9. The average Bonchev–Trinajstić information content (AvgIpc) is 2.99. The van der Waals surface area contributed by atoms with Gasteiger partial charge in [-0.3, -0.25) is 10.1 Å². The van der Waals surface area contributed by atoms with Crippen molar-refractivity contribution >= 4 is 17.5 Å². The lowest BCUT2D eigenvalue weighted by Crippen LogP contribution is -2.36. The first-order valence-corrected chi connectivity index (χ1v) is 7.25. The van der Waals surface area contributed by atoms with E-state index in [1.54, 1.807) is 6.26 Å². The van der Waals surface area contributed by atoms with Gasteiger partial charge in [-0.05, 0) is 43.7 Å². The second-order valence-corrected chi connectivity index (χ2v) is 5.40. The molecule has 0 aliphatic carbocycles. The van der Waals surface area contributed by atoms with Crippen molar-refractivity contribution in [1.82, 2.24) is 10.6 Å². The zero-order chi connectivity index (χ0) is 15.2. The summed E-state index contributed by atoms with van der Waals surface area (Å²) in [6.07, 6.45) is 1.62. The Morgan fingerprint density at radius 3 is 2.52 bits per heavy atom. The van der Waals surface area contributed by atoms with Crippen LogP contribution in [0.5, 0.6) is 0 Å². The van der Waals surface area contributed by atoms with Crippen LogP contribution >= 0.6 is 11.6 Å². The Morgan fingerprint density at radius 1 is 1.19 bits per heavy atom. The van der Waals surface area contributed by atoms with Gasteiger partial charge in [0.25, 0.3) is 0 Å². The summed E-state index contributed by atoms with van der Waals surface area (Å²) in [4.78, 5) is 11.9. The molecule has 0 bridgehead atoms. The summed E-state index contributed by atoms with van der Waals surface area (Å²) in [7, 11) is 0. The van der Waals surface area contributed by atoms with Gasteiger partial charge in [0.05, 0.1) is 24.9 Å². The van der Waals surface area contributed by atoms with Crippen LogP contribution in [0.1, 0.15) is 37.3 Å². The Labute approximate surface area is 129 Å². The molecule has 0 fully saturated rings. The van der Waals surface area contributed by atoms with Crippen molar-refractivity contribution in [3.63, 3.8) is 0 Å². The van der Waals surface area contributed by atoms with Gasteiger partial charge in [-0.2, -0.15) is 0 Å². The van der Waals surface area contributed by atoms with E-state index in [9.17, 15) is 4.79 Å². The number of carbonyl (C=O) groups excluding carboxylic acids is 1. The first-order chi connectivity index (χ1) is 10.1. The standard InChI is InChI=1S/C16H19ClN2O2/c1-11(13-5-7-14(17)8-6-13)19-16(20)10-18-12(2)15-4-3-9-21-15/h3-9,11-12,18H,10H2,1-2H3,(H,19,20)/t11-,12+/m0/s1. The highest BCUT2D eigenvalue weighted by Gasteiger charge is 2.12. The maximum atomic E-state index is 11.9. The second-order valence-electron chi connectivity index (χ2n) is 4.96. The summed E-state index contributed by atoms with van der Waals surface area (Å²) < 4.78 is 5.28. The van der Waals surface area contributed by atoms with E-state index in [1.807, 2.05) is 50.2 Å². The van der Waals surface area contributed by atoms with E-state index in [0.717, 1.165) is 11.3 Å². The second kappa shape index (κ2) is 7.29. The lowest BCUT2D eigenvalue weighted by molar-refractivity contribution is -0.121. The first-order valence-electron chi connectivity index (χ1n) is 6.88. The van der Waals surface area contributed by atoms with Gasteiger partial charge in [0.1, 0.15) is 5.76 Å². The minimum atomic E-state index is -0.0597. The van der Waals surface area contributed by atoms with Crippen molar-refractivity contribution in [2.75, 3.05) is 6.54 Å². The highest BCUT2D eigenvalue weighted by atomic mass is 35.5. The molecule has 0 radical (unpaired) electrons. The van der Waals surface area contributed by atoms with E-state index in [2.05, 4.69) is 10.6 Å². The Hall–Kier alpha value is -1.78. The van der Waals surface area contributed by atoms with Crippen LogP contribution in [0.4, 0.5) is 0 Å². The van der Waals surface area contributed by atoms with Gasteiger partial charge in [-0.1, -0.05) is 23.7 Å². The van der Waals surface area contributed by atoms with Crippen molar-refractivity contribution in [3.8, 4) is 0 Å². The molecule has 1 amide bonds. The Balaban J connectivity index is 1.80. The van der Waals surface area contributed by atoms with Gasteiger partial charge in [-0.15, -0.1) is 0 Å². The highest BCUT2D eigenvalue weighted by Crippen LogP contribution is 2.16. The normalized spacial score (nSPS) is 13.7. The summed E-state index contributed by atoms with van der Waals surface area (Å²) >= 11 is 5.85. The van der Waals surface area contributed by atoms with Gasteiger partial charge >= 0.3 is 0 Å². The summed E-state index contributed by atoms with van der Waals surface area (Å²) in [6, 6.07) is 11.1. The number of carbonyl (C=O) groups is 1. The fourth-order valence-electron chi connectivity index (χ4n) is 2.01. The molecule has 0 saturated heterocycles. The molecule has 1 heterocycles. The molecule has 0 aliphatic heterocycles. The molecule has 0 spiro atoms. The van der Waals surface area contributed by atoms with Gasteiger partial charge in [0, 0.05) is 5.02 Å². The number of halogens is 1. The molecule has 1 aromatic carbocycles. The molecule has 0 aliphatic rings. The van der Waals surface area contributed by atoms with Crippen LogP contribution in [0.3, 0.4) is 0 Å². The summed E-state index contributed by atoms with van der Waals surface area (Å²) in [5.41, 5.74) is 1.02. The van der Waals surface area contributed by atoms with Crippen LogP contribution in [0, 0.1) is 0 Å². The van der Waals surface area contributed by atoms with E-state index >= 15 is 0 Å². The maximum Gasteiger partial charge on any atom is 0.234 e. The number of hydrogen-bond acceptors (Lipinski definition) is 3. The molecule has 4 nitrogen and oxygen atoms in total. The molecular weight excluding hydrogens is 288 g/mol. The van der Waals surface area contributed by atoms with E-state index in [1.165, 1.54) is 0 Å². The summed E-state index contributed by atoms with van der Waals surface area (Å²) in [6.45, 7) is 4.13. The Kier molecular flexibility index (Phi) is 5.42. The van der Waals surface area contributed by atoms with Crippen molar-refractivity contribution in [2.24, 2.45) is 0 Å². The third-order valence-electron chi connectivity index (χ3n) is 3.29. The topological polar surface area (TPSA) is 54.3 Å². The zero-order valence-corrected chi connectivity index (χ0v) is 12.9. The predicted molar refractivity (Wildman–Crippen MR) is 83.1 cm³/mol. The SMILES string of the molecule is C[C@H](NC(=O)CN[C@H](C)c1ccco1)c1ccc(Cl)cc1. The van der Waals surface area contributed by atoms with Crippen LogP contribution in [-0.2, 0) is 4.79 Å². The van der Waals surface area contributed by atoms with Gasteiger partial charge < -0.3 is 9.73 Å². The molecule has 2 N–H and O–H groups in total. The van der Waals surface area contributed by atoms with Crippen LogP contribution in [0.2, 0.25) is 5.02 Å². The monoisotopic (exact) mass is 306 g/mol. The predicted octanol–water partition coefficient (Wildman–Crippen LogP) is 3.46. The summed E-state index contributed by atoms with van der Waals surface area (Å²) in [5.74, 6) is 0.754.